The van der Waals surface area contributed by atoms with Gasteiger partial charge in [-0.3, -0.25) is 9.69 Å². The van der Waals surface area contributed by atoms with Crippen molar-refractivity contribution < 1.29 is 18.5 Å². The number of nitrogens with zero attached hydrogens (tertiary/aromatic N) is 2. The van der Waals surface area contributed by atoms with Crippen LogP contribution in [0.4, 0.5) is 5.69 Å². The summed E-state index contributed by atoms with van der Waals surface area (Å²) in [5, 5.41) is 7.10. The maximum atomic E-state index is 12.6. The van der Waals surface area contributed by atoms with E-state index in [4.69, 9.17) is 13.7 Å². The molecule has 4 rings (SSSR count). The number of carbonyl (C=O) groups is 1. The van der Waals surface area contributed by atoms with E-state index in [0.717, 1.165) is 22.8 Å². The summed E-state index contributed by atoms with van der Waals surface area (Å²) in [6, 6.07) is 22.6. The number of benzene rings is 2. The summed E-state index contributed by atoms with van der Waals surface area (Å²) >= 11 is 0. The number of carbonyl (C=O) groups excluding carboxylic acids is 1. The predicted molar refractivity (Wildman–Crippen MR) is 116 cm³/mol. The monoisotopic (exact) mass is 417 g/mol. The van der Waals surface area contributed by atoms with Crippen molar-refractivity contribution in [2.45, 2.75) is 13.1 Å². The minimum absolute atomic E-state index is 0.123. The van der Waals surface area contributed by atoms with Gasteiger partial charge in [-0.25, -0.2) is 0 Å². The molecule has 2 aromatic heterocycles. The number of aromatic nitrogens is 1. The van der Waals surface area contributed by atoms with Crippen LogP contribution in [0, 0.1) is 0 Å². The van der Waals surface area contributed by atoms with Gasteiger partial charge in [0.25, 0.3) is 0 Å². The molecule has 0 saturated heterocycles. The lowest BCUT2D eigenvalue weighted by molar-refractivity contribution is -0.117. The van der Waals surface area contributed by atoms with Crippen LogP contribution >= 0.6 is 0 Å². The highest BCUT2D eigenvalue weighted by molar-refractivity contribution is 5.92. The van der Waals surface area contributed by atoms with Crippen molar-refractivity contribution in [2.24, 2.45) is 0 Å². The summed E-state index contributed by atoms with van der Waals surface area (Å²) in [6.45, 7) is 1.02. The quantitative estimate of drug-likeness (QED) is 0.429. The Morgan fingerprint density at radius 1 is 1.00 bits per heavy atom. The Labute approximate surface area is 180 Å². The Morgan fingerprint density at radius 2 is 1.77 bits per heavy atom. The van der Waals surface area contributed by atoms with Crippen molar-refractivity contribution in [1.82, 2.24) is 10.1 Å². The zero-order valence-corrected chi connectivity index (χ0v) is 17.2. The van der Waals surface area contributed by atoms with Crippen LogP contribution in [0.2, 0.25) is 0 Å². The molecular weight excluding hydrogens is 394 g/mol. The summed E-state index contributed by atoms with van der Waals surface area (Å²) in [5.74, 6) is 2.00. The fraction of sp³-hybridized carbons (Fsp3) is 0.167. The van der Waals surface area contributed by atoms with Crippen molar-refractivity contribution in [3.8, 4) is 17.0 Å². The second kappa shape index (κ2) is 9.77. The summed E-state index contributed by atoms with van der Waals surface area (Å²) in [7, 11) is 1.62. The number of methoxy groups -OCH3 is 1. The maximum Gasteiger partial charge on any atom is 0.238 e. The smallest absolute Gasteiger partial charge is 0.238 e. The standard InChI is InChI=1S/C24H23N3O4/c1-29-23-12-6-5-11-21(23)22-14-20(31-26-22)16-27(15-19-10-7-13-30-19)17-24(28)25-18-8-3-2-4-9-18/h2-14H,15-17H2,1H3,(H,25,28). The van der Waals surface area contributed by atoms with E-state index >= 15 is 0 Å². The van der Waals surface area contributed by atoms with Gasteiger partial charge in [-0.05, 0) is 36.4 Å². The second-order valence-corrected chi connectivity index (χ2v) is 7.02. The van der Waals surface area contributed by atoms with Gasteiger partial charge in [0, 0.05) is 17.3 Å². The van der Waals surface area contributed by atoms with Gasteiger partial charge in [0.2, 0.25) is 5.91 Å². The van der Waals surface area contributed by atoms with Crippen LogP contribution in [0.25, 0.3) is 11.3 Å². The third-order valence-electron chi connectivity index (χ3n) is 4.71. The summed E-state index contributed by atoms with van der Waals surface area (Å²) < 4.78 is 16.4. The maximum absolute atomic E-state index is 12.6. The van der Waals surface area contributed by atoms with Crippen molar-refractivity contribution in [2.75, 3.05) is 19.0 Å². The van der Waals surface area contributed by atoms with Crippen molar-refractivity contribution in [3.63, 3.8) is 0 Å². The molecule has 0 saturated carbocycles. The van der Waals surface area contributed by atoms with Gasteiger partial charge in [-0.1, -0.05) is 35.5 Å². The molecule has 0 aliphatic rings. The Hall–Kier alpha value is -3.84. The highest BCUT2D eigenvalue weighted by Gasteiger charge is 2.17. The number of anilines is 1. The van der Waals surface area contributed by atoms with Crippen LogP contribution in [-0.4, -0.2) is 29.6 Å². The lowest BCUT2D eigenvalue weighted by atomic mass is 10.1. The van der Waals surface area contributed by atoms with Gasteiger partial charge in [-0.2, -0.15) is 0 Å². The Bertz CT molecular complexity index is 1110. The molecule has 1 N–H and O–H groups in total. The van der Waals surface area contributed by atoms with Gasteiger partial charge in [0.05, 0.1) is 33.0 Å². The molecule has 1 amide bonds. The molecule has 0 bridgehead atoms. The molecule has 4 aromatic rings. The number of para-hydroxylation sites is 2. The van der Waals surface area contributed by atoms with E-state index in [1.54, 1.807) is 13.4 Å². The first kappa shape index (κ1) is 20.4. The van der Waals surface area contributed by atoms with E-state index in [1.165, 1.54) is 0 Å². The number of hydrogen-bond acceptors (Lipinski definition) is 6. The van der Waals surface area contributed by atoms with E-state index in [9.17, 15) is 4.79 Å². The Balaban J connectivity index is 1.48. The minimum Gasteiger partial charge on any atom is -0.496 e. The van der Waals surface area contributed by atoms with Crippen LogP contribution in [0.3, 0.4) is 0 Å². The van der Waals surface area contributed by atoms with Gasteiger partial charge in [-0.15, -0.1) is 0 Å². The second-order valence-electron chi connectivity index (χ2n) is 7.02. The zero-order valence-electron chi connectivity index (χ0n) is 17.2. The SMILES string of the molecule is COc1ccccc1-c1cc(CN(CC(=O)Nc2ccccc2)Cc2ccco2)on1. The first-order valence-corrected chi connectivity index (χ1v) is 9.90. The molecule has 0 spiro atoms. The topological polar surface area (TPSA) is 80.7 Å². The van der Waals surface area contributed by atoms with Crippen LogP contribution in [-0.2, 0) is 17.9 Å². The first-order chi connectivity index (χ1) is 15.2. The Kier molecular flexibility index (Phi) is 6.44. The molecule has 2 heterocycles. The van der Waals surface area contributed by atoms with E-state index in [2.05, 4.69) is 10.5 Å². The summed E-state index contributed by atoms with van der Waals surface area (Å²) in [4.78, 5) is 14.5. The lowest BCUT2D eigenvalue weighted by Gasteiger charge is -2.19. The minimum atomic E-state index is -0.123. The molecule has 0 radical (unpaired) electrons. The van der Waals surface area contributed by atoms with E-state index in [1.807, 2.05) is 77.7 Å². The molecule has 0 aliphatic carbocycles. The molecule has 158 valence electrons. The number of rotatable bonds is 9. The van der Waals surface area contributed by atoms with Crippen LogP contribution in [0.5, 0.6) is 5.75 Å². The van der Waals surface area contributed by atoms with Crippen LogP contribution in [0.15, 0.2) is 88.0 Å². The van der Waals surface area contributed by atoms with E-state index in [0.29, 0.717) is 24.5 Å². The third kappa shape index (κ3) is 5.40. The molecule has 2 aromatic carbocycles. The average molecular weight is 417 g/mol. The highest BCUT2D eigenvalue weighted by Crippen LogP contribution is 2.29. The van der Waals surface area contributed by atoms with Crippen molar-refractivity contribution in [1.29, 1.82) is 0 Å². The van der Waals surface area contributed by atoms with Crippen LogP contribution in [0.1, 0.15) is 11.5 Å². The fourth-order valence-corrected chi connectivity index (χ4v) is 3.31. The molecule has 7 nitrogen and oxygen atoms in total. The number of furan rings is 1. The summed E-state index contributed by atoms with van der Waals surface area (Å²) in [5.41, 5.74) is 2.28. The van der Waals surface area contributed by atoms with E-state index < -0.39 is 0 Å². The molecule has 0 atom stereocenters. The molecular formula is C24H23N3O4. The average Bonchev–Trinajstić information content (AvgIpc) is 3.46. The third-order valence-corrected chi connectivity index (χ3v) is 4.71. The summed E-state index contributed by atoms with van der Waals surface area (Å²) in [6.07, 6.45) is 1.62. The first-order valence-electron chi connectivity index (χ1n) is 9.90. The molecule has 7 heteroatoms. The van der Waals surface area contributed by atoms with Gasteiger partial charge >= 0.3 is 0 Å². The number of nitrogens with one attached hydrogen (secondary N) is 1. The van der Waals surface area contributed by atoms with Gasteiger partial charge in [0.1, 0.15) is 17.2 Å². The number of hydrogen-bond donors (Lipinski definition) is 1. The molecule has 0 unspecified atom stereocenters. The number of amides is 1. The Morgan fingerprint density at radius 3 is 2.55 bits per heavy atom. The normalized spacial score (nSPS) is 10.9. The highest BCUT2D eigenvalue weighted by atomic mass is 16.5. The number of ether oxygens (including phenoxy) is 1. The molecule has 0 fully saturated rings. The largest absolute Gasteiger partial charge is 0.496 e. The van der Waals surface area contributed by atoms with Gasteiger partial charge in [0.15, 0.2) is 5.76 Å². The lowest BCUT2D eigenvalue weighted by Crippen LogP contribution is -2.32. The fourth-order valence-electron chi connectivity index (χ4n) is 3.31. The van der Waals surface area contributed by atoms with Crippen molar-refractivity contribution in [3.05, 3.63) is 90.6 Å². The van der Waals surface area contributed by atoms with E-state index in [-0.39, 0.29) is 12.5 Å². The van der Waals surface area contributed by atoms with Crippen molar-refractivity contribution >= 4 is 11.6 Å². The molecule has 0 aliphatic heterocycles. The molecule has 31 heavy (non-hydrogen) atoms. The predicted octanol–water partition coefficient (Wildman–Crippen LogP) is 4.58. The van der Waals surface area contributed by atoms with Crippen LogP contribution < -0.4 is 10.1 Å². The van der Waals surface area contributed by atoms with Gasteiger partial charge < -0.3 is 19.0 Å². The zero-order chi connectivity index (χ0) is 21.5.